The van der Waals surface area contributed by atoms with Crippen LogP contribution in [0, 0.1) is 11.8 Å². The molecule has 2 rings (SSSR count). The highest BCUT2D eigenvalue weighted by Crippen LogP contribution is 2.43. The van der Waals surface area contributed by atoms with E-state index < -0.39 is 0 Å². The van der Waals surface area contributed by atoms with Gasteiger partial charge in [0.1, 0.15) is 0 Å². The molecule has 0 bridgehead atoms. The number of ether oxygens (including phenoxy) is 3. The molecule has 8 heteroatoms. The van der Waals surface area contributed by atoms with Crippen LogP contribution in [-0.4, -0.2) is 62.9 Å². The van der Waals surface area contributed by atoms with Crippen LogP contribution in [0.5, 0.6) is 17.2 Å². The standard InChI is InChI=1S/C22H35N3O4S/c1-13(2)10-23-21(26)17-12-25(22(30)24-14(3)4)11-16(17)15-8-18(27-5)20(29-7)19(9-15)28-6/h8-9,13-14,16-17H,10-12H2,1-7H3,(H,23,26)(H,24,30)/t16-,17+/m1/s1. The summed E-state index contributed by atoms with van der Waals surface area (Å²) >= 11 is 5.59. The van der Waals surface area contributed by atoms with E-state index in [0.717, 1.165) is 5.56 Å². The van der Waals surface area contributed by atoms with Gasteiger partial charge in [-0.05, 0) is 49.7 Å². The molecule has 1 aliphatic heterocycles. The van der Waals surface area contributed by atoms with Gasteiger partial charge in [0.25, 0.3) is 0 Å². The monoisotopic (exact) mass is 437 g/mol. The summed E-state index contributed by atoms with van der Waals surface area (Å²) in [4.78, 5) is 15.1. The number of carbonyl (C=O) groups is 1. The molecule has 0 spiro atoms. The van der Waals surface area contributed by atoms with Gasteiger partial charge in [-0.1, -0.05) is 13.8 Å². The van der Waals surface area contributed by atoms with Crippen LogP contribution >= 0.6 is 12.2 Å². The maximum absolute atomic E-state index is 13.1. The second-order valence-corrected chi connectivity index (χ2v) is 8.71. The molecule has 0 saturated carbocycles. The lowest BCUT2D eigenvalue weighted by molar-refractivity contribution is -0.125. The Morgan fingerprint density at radius 3 is 2.17 bits per heavy atom. The predicted octanol–water partition coefficient (Wildman–Crippen LogP) is 2.78. The van der Waals surface area contributed by atoms with Crippen LogP contribution in [0.2, 0.25) is 0 Å². The number of likely N-dealkylation sites (tertiary alicyclic amines) is 1. The van der Waals surface area contributed by atoms with E-state index in [0.29, 0.717) is 47.9 Å². The number of amides is 1. The Morgan fingerprint density at radius 2 is 1.70 bits per heavy atom. The van der Waals surface area contributed by atoms with Gasteiger partial charge in [-0.15, -0.1) is 0 Å². The van der Waals surface area contributed by atoms with E-state index >= 15 is 0 Å². The molecular formula is C22H35N3O4S. The molecule has 1 amide bonds. The molecule has 1 aromatic rings. The first-order valence-corrected chi connectivity index (χ1v) is 10.8. The second kappa shape index (κ2) is 10.7. The van der Waals surface area contributed by atoms with Crippen molar-refractivity contribution in [2.45, 2.75) is 39.7 Å². The van der Waals surface area contributed by atoms with Crippen molar-refractivity contribution in [3.63, 3.8) is 0 Å². The number of methoxy groups -OCH3 is 3. The summed E-state index contributed by atoms with van der Waals surface area (Å²) in [5, 5.41) is 7.04. The molecule has 2 N–H and O–H groups in total. The van der Waals surface area contributed by atoms with Crippen LogP contribution in [0.15, 0.2) is 12.1 Å². The van der Waals surface area contributed by atoms with Crippen molar-refractivity contribution in [1.82, 2.24) is 15.5 Å². The summed E-state index contributed by atoms with van der Waals surface area (Å²) in [6.45, 7) is 10.1. The van der Waals surface area contributed by atoms with E-state index in [4.69, 9.17) is 26.4 Å². The average molecular weight is 438 g/mol. The van der Waals surface area contributed by atoms with Gasteiger partial charge in [-0.25, -0.2) is 0 Å². The Balaban J connectivity index is 2.39. The van der Waals surface area contributed by atoms with E-state index in [9.17, 15) is 4.79 Å². The molecule has 0 radical (unpaired) electrons. The SMILES string of the molecule is COc1cc([C@H]2CN(C(=S)NC(C)C)C[C@@H]2C(=O)NCC(C)C)cc(OC)c1OC. The molecule has 1 saturated heterocycles. The van der Waals surface area contributed by atoms with E-state index in [2.05, 4.69) is 29.4 Å². The third-order valence-corrected chi connectivity index (χ3v) is 5.53. The van der Waals surface area contributed by atoms with Crippen LogP contribution in [0.3, 0.4) is 0 Å². The summed E-state index contributed by atoms with van der Waals surface area (Å²) in [6.07, 6.45) is 0. The Bertz CT molecular complexity index is 729. The van der Waals surface area contributed by atoms with Crippen molar-refractivity contribution in [2.75, 3.05) is 41.0 Å². The predicted molar refractivity (Wildman–Crippen MR) is 123 cm³/mol. The molecule has 1 aromatic carbocycles. The fourth-order valence-corrected chi connectivity index (χ4v) is 4.05. The van der Waals surface area contributed by atoms with E-state index in [1.54, 1.807) is 21.3 Å². The third kappa shape index (κ3) is 5.68. The summed E-state index contributed by atoms with van der Waals surface area (Å²) in [5.41, 5.74) is 0.962. The molecule has 30 heavy (non-hydrogen) atoms. The van der Waals surface area contributed by atoms with Gasteiger partial charge in [0.2, 0.25) is 11.7 Å². The van der Waals surface area contributed by atoms with Crippen molar-refractivity contribution >= 4 is 23.2 Å². The first-order chi connectivity index (χ1) is 14.2. The number of thiocarbonyl (C=S) groups is 1. The minimum absolute atomic E-state index is 0.0392. The topological polar surface area (TPSA) is 72.1 Å². The van der Waals surface area contributed by atoms with Crippen molar-refractivity contribution in [1.29, 1.82) is 0 Å². The quantitative estimate of drug-likeness (QED) is 0.606. The Hall–Kier alpha value is -2.22. The zero-order valence-electron chi connectivity index (χ0n) is 19.1. The summed E-state index contributed by atoms with van der Waals surface area (Å²) < 4.78 is 16.5. The number of rotatable bonds is 8. The van der Waals surface area contributed by atoms with Gasteiger partial charge >= 0.3 is 0 Å². The van der Waals surface area contributed by atoms with Gasteiger partial charge in [-0.2, -0.15) is 0 Å². The fourth-order valence-electron chi connectivity index (χ4n) is 3.66. The lowest BCUT2D eigenvalue weighted by Gasteiger charge is -2.22. The van der Waals surface area contributed by atoms with Crippen molar-refractivity contribution < 1.29 is 19.0 Å². The van der Waals surface area contributed by atoms with E-state index in [1.165, 1.54) is 0 Å². The third-order valence-electron chi connectivity index (χ3n) is 5.16. The molecule has 0 aliphatic carbocycles. The van der Waals surface area contributed by atoms with Crippen LogP contribution in [0.4, 0.5) is 0 Å². The number of nitrogens with zero attached hydrogens (tertiary/aromatic N) is 1. The van der Waals surface area contributed by atoms with Crippen LogP contribution in [0.1, 0.15) is 39.2 Å². The zero-order chi connectivity index (χ0) is 22.4. The van der Waals surface area contributed by atoms with Crippen molar-refractivity contribution in [3.8, 4) is 17.2 Å². The Labute approximate surface area is 185 Å². The first kappa shape index (κ1) is 24.1. The lowest BCUT2D eigenvalue weighted by atomic mass is 9.87. The number of carbonyl (C=O) groups excluding carboxylic acids is 1. The van der Waals surface area contributed by atoms with Crippen LogP contribution < -0.4 is 24.8 Å². The highest BCUT2D eigenvalue weighted by molar-refractivity contribution is 7.80. The maximum Gasteiger partial charge on any atom is 0.225 e. The van der Waals surface area contributed by atoms with Gasteiger partial charge in [-0.3, -0.25) is 4.79 Å². The van der Waals surface area contributed by atoms with E-state index in [1.807, 2.05) is 26.0 Å². The summed E-state index contributed by atoms with van der Waals surface area (Å²) in [7, 11) is 4.77. The number of nitrogens with one attached hydrogen (secondary N) is 2. The van der Waals surface area contributed by atoms with Crippen molar-refractivity contribution in [3.05, 3.63) is 17.7 Å². The number of benzene rings is 1. The Morgan fingerprint density at radius 1 is 1.10 bits per heavy atom. The normalized spacial score (nSPS) is 18.5. The first-order valence-electron chi connectivity index (χ1n) is 10.3. The molecule has 0 unspecified atom stereocenters. The van der Waals surface area contributed by atoms with Gasteiger partial charge in [0, 0.05) is 31.6 Å². The summed E-state index contributed by atoms with van der Waals surface area (Å²) in [5.74, 6) is 1.82. The number of hydrogen-bond donors (Lipinski definition) is 2. The van der Waals surface area contributed by atoms with Gasteiger partial charge < -0.3 is 29.7 Å². The lowest BCUT2D eigenvalue weighted by Crippen LogP contribution is -2.42. The summed E-state index contributed by atoms with van der Waals surface area (Å²) in [6, 6.07) is 4.08. The molecule has 7 nitrogen and oxygen atoms in total. The second-order valence-electron chi connectivity index (χ2n) is 8.32. The molecule has 2 atom stereocenters. The molecular weight excluding hydrogens is 402 g/mol. The molecule has 1 heterocycles. The highest BCUT2D eigenvalue weighted by Gasteiger charge is 2.40. The minimum Gasteiger partial charge on any atom is -0.493 e. The van der Waals surface area contributed by atoms with E-state index in [-0.39, 0.29) is 23.8 Å². The largest absolute Gasteiger partial charge is 0.493 e. The van der Waals surface area contributed by atoms with Crippen molar-refractivity contribution in [2.24, 2.45) is 11.8 Å². The number of hydrogen-bond acceptors (Lipinski definition) is 5. The minimum atomic E-state index is -0.238. The smallest absolute Gasteiger partial charge is 0.225 e. The molecule has 0 aromatic heterocycles. The average Bonchev–Trinajstić information content (AvgIpc) is 3.16. The molecule has 168 valence electrons. The highest BCUT2D eigenvalue weighted by atomic mass is 32.1. The maximum atomic E-state index is 13.1. The zero-order valence-corrected chi connectivity index (χ0v) is 19.9. The molecule has 1 aliphatic rings. The van der Waals surface area contributed by atoms with Crippen LogP contribution in [-0.2, 0) is 4.79 Å². The van der Waals surface area contributed by atoms with Gasteiger partial charge in [0.05, 0.1) is 27.2 Å². The molecule has 1 fully saturated rings. The van der Waals surface area contributed by atoms with Crippen LogP contribution in [0.25, 0.3) is 0 Å². The Kier molecular flexibility index (Phi) is 8.58. The van der Waals surface area contributed by atoms with Gasteiger partial charge in [0.15, 0.2) is 16.6 Å². The fraction of sp³-hybridized carbons (Fsp3) is 0.636.